The third-order valence-corrected chi connectivity index (χ3v) is 4.04. The minimum absolute atomic E-state index is 0.250. The summed E-state index contributed by atoms with van der Waals surface area (Å²) in [6.45, 7) is 0. The molecule has 0 aromatic heterocycles. The first kappa shape index (κ1) is 13.5. The molecule has 4 heteroatoms. The van der Waals surface area contributed by atoms with E-state index in [9.17, 15) is 4.39 Å². The number of nitrogens with two attached hydrogens (primary N) is 1. The Balaban J connectivity index is 2.22. The van der Waals surface area contributed by atoms with E-state index in [1.165, 1.54) is 12.1 Å². The number of hydrogen-bond donors (Lipinski definition) is 1. The fourth-order valence-electron chi connectivity index (χ4n) is 1.83. The summed E-state index contributed by atoms with van der Waals surface area (Å²) in [6.07, 6.45) is 0.550. The van der Waals surface area contributed by atoms with E-state index in [-0.39, 0.29) is 11.9 Å². The first-order valence-corrected chi connectivity index (χ1v) is 6.69. The molecule has 0 bridgehead atoms. The van der Waals surface area contributed by atoms with Gasteiger partial charge in [0.15, 0.2) is 0 Å². The van der Waals surface area contributed by atoms with E-state index in [1.807, 2.05) is 24.3 Å². The molecule has 18 heavy (non-hydrogen) atoms. The molecule has 0 aliphatic rings. The van der Waals surface area contributed by atoms with Gasteiger partial charge in [-0.3, -0.25) is 0 Å². The lowest BCUT2D eigenvalue weighted by molar-refractivity contribution is 0.622. The highest BCUT2D eigenvalue weighted by Crippen LogP contribution is 2.30. The van der Waals surface area contributed by atoms with Crippen molar-refractivity contribution in [3.8, 4) is 0 Å². The van der Waals surface area contributed by atoms with Gasteiger partial charge in [0, 0.05) is 10.5 Å². The van der Waals surface area contributed by atoms with Gasteiger partial charge in [-0.2, -0.15) is 0 Å². The molecule has 1 atom stereocenters. The van der Waals surface area contributed by atoms with Gasteiger partial charge in [0.1, 0.15) is 5.82 Å². The Hall–Kier alpha value is -0.900. The molecule has 0 radical (unpaired) electrons. The lowest BCUT2D eigenvalue weighted by Crippen LogP contribution is -2.14. The second kappa shape index (κ2) is 5.83. The molecule has 0 saturated heterocycles. The zero-order valence-electron chi connectivity index (χ0n) is 9.54. The Morgan fingerprint density at radius 1 is 1.22 bits per heavy atom. The van der Waals surface area contributed by atoms with Crippen LogP contribution in [0.3, 0.4) is 0 Å². The Labute approximate surface area is 119 Å². The Bertz CT molecular complexity index is 559. The molecular formula is C14H12BrClFN. The van der Waals surface area contributed by atoms with Gasteiger partial charge in [-0.1, -0.05) is 35.9 Å². The maximum atomic E-state index is 13.1. The molecule has 0 amide bonds. The van der Waals surface area contributed by atoms with Crippen LogP contribution in [0.15, 0.2) is 46.9 Å². The largest absolute Gasteiger partial charge is 0.324 e. The van der Waals surface area contributed by atoms with E-state index in [1.54, 1.807) is 6.07 Å². The van der Waals surface area contributed by atoms with Crippen LogP contribution in [0.1, 0.15) is 17.2 Å². The van der Waals surface area contributed by atoms with Gasteiger partial charge in [-0.15, -0.1) is 0 Å². The van der Waals surface area contributed by atoms with Crippen molar-refractivity contribution in [2.75, 3.05) is 0 Å². The summed E-state index contributed by atoms with van der Waals surface area (Å²) in [7, 11) is 0. The van der Waals surface area contributed by atoms with Gasteiger partial charge in [0.2, 0.25) is 0 Å². The monoisotopic (exact) mass is 327 g/mol. The molecule has 2 aromatic carbocycles. The van der Waals surface area contributed by atoms with Gasteiger partial charge in [0.25, 0.3) is 0 Å². The zero-order chi connectivity index (χ0) is 13.1. The predicted molar refractivity (Wildman–Crippen MR) is 76.2 cm³/mol. The SMILES string of the molecule is NC(Cc1cccc(F)c1)c1cccc(Br)c1Cl. The van der Waals surface area contributed by atoms with E-state index >= 15 is 0 Å². The lowest BCUT2D eigenvalue weighted by atomic mass is 10.00. The summed E-state index contributed by atoms with van der Waals surface area (Å²) >= 11 is 9.55. The van der Waals surface area contributed by atoms with Crippen molar-refractivity contribution < 1.29 is 4.39 Å². The van der Waals surface area contributed by atoms with Crippen LogP contribution in [0.4, 0.5) is 4.39 Å². The van der Waals surface area contributed by atoms with Gasteiger partial charge in [-0.05, 0) is 51.7 Å². The standard InChI is InChI=1S/C14H12BrClFN/c15-12-6-2-5-11(14(12)16)13(18)8-9-3-1-4-10(17)7-9/h1-7,13H,8,18H2. The maximum Gasteiger partial charge on any atom is 0.123 e. The molecule has 0 aliphatic heterocycles. The summed E-state index contributed by atoms with van der Waals surface area (Å²) in [5, 5.41) is 0.612. The van der Waals surface area contributed by atoms with Crippen molar-refractivity contribution in [1.29, 1.82) is 0 Å². The van der Waals surface area contributed by atoms with E-state index in [0.717, 1.165) is 15.6 Å². The van der Waals surface area contributed by atoms with E-state index < -0.39 is 0 Å². The summed E-state index contributed by atoms with van der Waals surface area (Å²) in [6, 6.07) is 11.8. The van der Waals surface area contributed by atoms with Crippen LogP contribution in [0.25, 0.3) is 0 Å². The van der Waals surface area contributed by atoms with Crippen LogP contribution < -0.4 is 5.73 Å². The van der Waals surface area contributed by atoms with Crippen molar-refractivity contribution in [1.82, 2.24) is 0 Å². The topological polar surface area (TPSA) is 26.0 Å². The number of halogens is 3. The third-order valence-electron chi connectivity index (χ3n) is 2.73. The average Bonchev–Trinajstić information content (AvgIpc) is 2.32. The molecule has 0 spiro atoms. The van der Waals surface area contributed by atoms with E-state index in [2.05, 4.69) is 15.9 Å². The molecule has 2 N–H and O–H groups in total. The van der Waals surface area contributed by atoms with Crippen molar-refractivity contribution in [2.45, 2.75) is 12.5 Å². The quantitative estimate of drug-likeness (QED) is 0.883. The molecule has 0 aliphatic carbocycles. The smallest absolute Gasteiger partial charge is 0.123 e. The summed E-state index contributed by atoms with van der Waals surface area (Å²) in [5.41, 5.74) is 7.84. The number of benzene rings is 2. The lowest BCUT2D eigenvalue weighted by Gasteiger charge is -2.14. The maximum absolute atomic E-state index is 13.1. The van der Waals surface area contributed by atoms with Crippen LogP contribution >= 0.6 is 27.5 Å². The summed E-state index contributed by atoms with van der Waals surface area (Å²) < 4.78 is 13.9. The minimum Gasteiger partial charge on any atom is -0.324 e. The van der Waals surface area contributed by atoms with E-state index in [4.69, 9.17) is 17.3 Å². The van der Waals surface area contributed by atoms with Gasteiger partial charge in [0.05, 0.1) is 5.02 Å². The molecule has 2 rings (SSSR count). The summed E-state index contributed by atoms with van der Waals surface area (Å²) in [5.74, 6) is -0.250. The minimum atomic E-state index is -0.253. The third kappa shape index (κ3) is 3.10. The fraction of sp³-hybridized carbons (Fsp3) is 0.143. The van der Waals surface area contributed by atoms with Gasteiger partial charge in [-0.25, -0.2) is 4.39 Å². The average molecular weight is 329 g/mol. The first-order chi connectivity index (χ1) is 8.58. The molecule has 0 saturated carbocycles. The van der Waals surface area contributed by atoms with Crippen LogP contribution in [0.5, 0.6) is 0 Å². The Morgan fingerprint density at radius 2 is 1.94 bits per heavy atom. The van der Waals surface area contributed by atoms with Crippen molar-refractivity contribution >= 4 is 27.5 Å². The van der Waals surface area contributed by atoms with Gasteiger partial charge < -0.3 is 5.73 Å². The van der Waals surface area contributed by atoms with Crippen molar-refractivity contribution in [3.63, 3.8) is 0 Å². The zero-order valence-corrected chi connectivity index (χ0v) is 11.9. The predicted octanol–water partition coefficient (Wildman–Crippen LogP) is 4.48. The Morgan fingerprint density at radius 3 is 2.67 bits per heavy atom. The van der Waals surface area contributed by atoms with Crippen LogP contribution in [0.2, 0.25) is 5.02 Å². The molecule has 1 nitrogen and oxygen atoms in total. The highest BCUT2D eigenvalue weighted by Gasteiger charge is 2.12. The fourth-order valence-corrected chi connectivity index (χ4v) is 2.48. The molecule has 94 valence electrons. The second-order valence-corrected chi connectivity index (χ2v) is 5.32. The molecule has 0 fully saturated rings. The van der Waals surface area contributed by atoms with Crippen molar-refractivity contribution in [2.24, 2.45) is 5.73 Å². The Kier molecular flexibility index (Phi) is 4.38. The first-order valence-electron chi connectivity index (χ1n) is 5.52. The van der Waals surface area contributed by atoms with Gasteiger partial charge >= 0.3 is 0 Å². The van der Waals surface area contributed by atoms with Crippen LogP contribution in [0, 0.1) is 5.82 Å². The second-order valence-electron chi connectivity index (χ2n) is 4.08. The highest BCUT2D eigenvalue weighted by atomic mass is 79.9. The van der Waals surface area contributed by atoms with Crippen molar-refractivity contribution in [3.05, 3.63) is 68.9 Å². The number of hydrogen-bond acceptors (Lipinski definition) is 1. The highest BCUT2D eigenvalue weighted by molar-refractivity contribution is 9.10. The van der Waals surface area contributed by atoms with Crippen LogP contribution in [-0.2, 0) is 6.42 Å². The molecule has 2 aromatic rings. The summed E-state index contributed by atoms with van der Waals surface area (Å²) in [4.78, 5) is 0. The molecular weight excluding hydrogens is 317 g/mol. The van der Waals surface area contributed by atoms with Crippen LogP contribution in [-0.4, -0.2) is 0 Å². The number of rotatable bonds is 3. The molecule has 0 heterocycles. The normalized spacial score (nSPS) is 12.4. The molecule has 1 unspecified atom stereocenters. The van der Waals surface area contributed by atoms with E-state index in [0.29, 0.717) is 11.4 Å².